The highest BCUT2D eigenvalue weighted by Crippen LogP contribution is 2.22. The van der Waals surface area contributed by atoms with Gasteiger partial charge < -0.3 is 9.13 Å². The number of fused-ring (bicyclic) bond motifs is 1. The van der Waals surface area contributed by atoms with Crippen LogP contribution in [0, 0.1) is 0 Å². The molecule has 2 heterocycles. The first kappa shape index (κ1) is 18.3. The van der Waals surface area contributed by atoms with Crippen molar-refractivity contribution in [3.8, 4) is 0 Å². The lowest BCUT2D eigenvalue weighted by molar-refractivity contribution is 0.0978. The first-order chi connectivity index (χ1) is 10.9. The quantitative estimate of drug-likeness (QED) is 0.659. The number of benzene rings is 1. The van der Waals surface area contributed by atoms with Crippen LogP contribution in [0.15, 0.2) is 43.0 Å². The second-order valence-corrected chi connectivity index (χ2v) is 7.09. The zero-order chi connectivity index (χ0) is 16.6. The molecule has 0 saturated carbocycles. The number of hydrogen-bond acceptors (Lipinski definition) is 2. The van der Waals surface area contributed by atoms with Gasteiger partial charge >= 0.3 is 0 Å². The summed E-state index contributed by atoms with van der Waals surface area (Å²) < 4.78 is 4.01. The van der Waals surface area contributed by atoms with Gasteiger partial charge in [-0.25, -0.2) is 4.98 Å². The topological polar surface area (TPSA) is 39.8 Å². The number of para-hydroxylation sites is 1. The number of ketones is 1. The molecule has 0 bridgehead atoms. The largest absolute Gasteiger partial charge is 0.350 e. The van der Waals surface area contributed by atoms with Gasteiger partial charge in [0.2, 0.25) is 0 Å². The van der Waals surface area contributed by atoms with Gasteiger partial charge in [0.25, 0.3) is 0 Å². The van der Waals surface area contributed by atoms with Gasteiger partial charge in [-0.2, -0.15) is 0 Å². The molecule has 0 radical (unpaired) electrons. The fourth-order valence-electron chi connectivity index (χ4n) is 2.80. The van der Waals surface area contributed by atoms with Gasteiger partial charge in [0.15, 0.2) is 5.78 Å². The number of hydrogen-bond donors (Lipinski definition) is 0. The van der Waals surface area contributed by atoms with Gasteiger partial charge in [0, 0.05) is 54.3 Å². The number of aryl methyl sites for hydroxylation is 2. The predicted octanol–water partition coefficient (Wildman–Crippen LogP) is 4.37. The molecule has 5 heteroatoms. The number of imidazole rings is 1. The van der Waals surface area contributed by atoms with Crippen molar-refractivity contribution in [3.63, 3.8) is 0 Å². The van der Waals surface area contributed by atoms with Crippen molar-refractivity contribution in [1.82, 2.24) is 14.1 Å². The van der Waals surface area contributed by atoms with Gasteiger partial charge in [-0.3, -0.25) is 4.79 Å². The zero-order valence-corrected chi connectivity index (χ0v) is 15.4. The molecular formula is C19H24ClN3O. The van der Waals surface area contributed by atoms with E-state index in [2.05, 4.69) is 25.8 Å². The van der Waals surface area contributed by atoms with E-state index in [1.54, 1.807) is 0 Å². The van der Waals surface area contributed by atoms with Crippen LogP contribution in [0.2, 0.25) is 0 Å². The molecule has 0 atom stereocenters. The van der Waals surface area contributed by atoms with Gasteiger partial charge in [-0.1, -0.05) is 39.0 Å². The highest BCUT2D eigenvalue weighted by atomic mass is 35.5. The predicted molar refractivity (Wildman–Crippen MR) is 100 cm³/mol. The maximum atomic E-state index is 12.6. The maximum Gasteiger partial charge on any atom is 0.166 e. The summed E-state index contributed by atoms with van der Waals surface area (Å²) in [5.41, 5.74) is 2.98. The zero-order valence-electron chi connectivity index (χ0n) is 14.6. The van der Waals surface area contributed by atoms with Crippen LogP contribution in [-0.4, -0.2) is 19.9 Å². The smallest absolute Gasteiger partial charge is 0.166 e. The van der Waals surface area contributed by atoms with Gasteiger partial charge in [-0.05, 0) is 6.07 Å². The molecule has 3 rings (SSSR count). The lowest BCUT2D eigenvalue weighted by Crippen LogP contribution is -2.11. The third kappa shape index (κ3) is 3.54. The Morgan fingerprint density at radius 2 is 1.88 bits per heavy atom. The minimum Gasteiger partial charge on any atom is -0.350 e. The van der Waals surface area contributed by atoms with Crippen molar-refractivity contribution in [2.45, 2.75) is 39.2 Å². The van der Waals surface area contributed by atoms with Crippen molar-refractivity contribution in [3.05, 3.63) is 54.2 Å². The van der Waals surface area contributed by atoms with E-state index in [9.17, 15) is 4.79 Å². The lowest BCUT2D eigenvalue weighted by atomic mass is 9.93. The van der Waals surface area contributed by atoms with Crippen molar-refractivity contribution in [2.24, 2.45) is 7.05 Å². The lowest BCUT2D eigenvalue weighted by Gasteiger charge is -2.14. The summed E-state index contributed by atoms with van der Waals surface area (Å²) in [6, 6.07) is 8.02. The van der Waals surface area contributed by atoms with Crippen LogP contribution in [0.4, 0.5) is 0 Å². The Kier molecular flexibility index (Phi) is 5.19. The monoisotopic (exact) mass is 345 g/mol. The third-order valence-electron chi connectivity index (χ3n) is 4.20. The molecule has 0 amide bonds. The molecule has 0 unspecified atom stereocenters. The molecule has 0 aliphatic rings. The molecule has 0 aliphatic carbocycles. The van der Waals surface area contributed by atoms with Crippen LogP contribution in [0.5, 0.6) is 0 Å². The van der Waals surface area contributed by atoms with Crippen LogP contribution < -0.4 is 0 Å². The number of rotatable bonds is 4. The molecule has 0 N–H and O–H groups in total. The van der Waals surface area contributed by atoms with Gasteiger partial charge in [0.05, 0.1) is 12.0 Å². The third-order valence-corrected chi connectivity index (χ3v) is 4.20. The Hall–Kier alpha value is -2.07. The van der Waals surface area contributed by atoms with Crippen molar-refractivity contribution < 1.29 is 4.79 Å². The van der Waals surface area contributed by atoms with E-state index in [1.165, 1.54) is 0 Å². The SMILES string of the molecule is Cl.Cn1cc(C(=O)CCn2cnc(C(C)(C)C)c2)c2ccccc21. The first-order valence-corrected chi connectivity index (χ1v) is 7.96. The number of nitrogens with zero attached hydrogens (tertiary/aromatic N) is 3. The van der Waals surface area contributed by atoms with Crippen LogP contribution in [0.3, 0.4) is 0 Å². The van der Waals surface area contributed by atoms with Crippen molar-refractivity contribution >= 4 is 29.1 Å². The van der Waals surface area contributed by atoms with E-state index in [-0.39, 0.29) is 23.6 Å². The van der Waals surface area contributed by atoms with E-state index in [0.29, 0.717) is 13.0 Å². The van der Waals surface area contributed by atoms with E-state index in [0.717, 1.165) is 22.2 Å². The molecule has 2 aromatic heterocycles. The fraction of sp³-hybridized carbons (Fsp3) is 0.368. The Morgan fingerprint density at radius 3 is 2.54 bits per heavy atom. The van der Waals surface area contributed by atoms with Crippen molar-refractivity contribution in [1.29, 1.82) is 0 Å². The number of carbonyl (C=O) groups excluding carboxylic acids is 1. The summed E-state index contributed by atoms with van der Waals surface area (Å²) in [5.74, 6) is 0.174. The minimum atomic E-state index is 0. The maximum absolute atomic E-state index is 12.6. The fourth-order valence-corrected chi connectivity index (χ4v) is 2.80. The van der Waals surface area contributed by atoms with E-state index in [1.807, 2.05) is 59.2 Å². The highest BCUT2D eigenvalue weighted by molar-refractivity contribution is 6.08. The molecular weight excluding hydrogens is 322 g/mol. The Bertz CT molecular complexity index is 855. The molecule has 1 aromatic carbocycles. The van der Waals surface area contributed by atoms with Gasteiger partial charge in [0.1, 0.15) is 0 Å². The molecule has 0 saturated heterocycles. The summed E-state index contributed by atoms with van der Waals surface area (Å²) in [6.07, 6.45) is 6.27. The summed E-state index contributed by atoms with van der Waals surface area (Å²) >= 11 is 0. The molecule has 4 nitrogen and oxygen atoms in total. The molecule has 0 fully saturated rings. The average Bonchev–Trinajstić information content (AvgIpc) is 3.10. The normalized spacial score (nSPS) is 11.5. The summed E-state index contributed by atoms with van der Waals surface area (Å²) in [6.45, 7) is 7.08. The summed E-state index contributed by atoms with van der Waals surface area (Å²) in [4.78, 5) is 17.0. The molecule has 24 heavy (non-hydrogen) atoms. The number of carbonyl (C=O) groups is 1. The number of aromatic nitrogens is 3. The molecule has 3 aromatic rings. The highest BCUT2D eigenvalue weighted by Gasteiger charge is 2.17. The molecule has 0 spiro atoms. The molecule has 128 valence electrons. The summed E-state index contributed by atoms with van der Waals surface area (Å²) in [7, 11) is 1.98. The van der Waals surface area contributed by atoms with Crippen LogP contribution >= 0.6 is 12.4 Å². The second-order valence-electron chi connectivity index (χ2n) is 7.09. The van der Waals surface area contributed by atoms with Crippen molar-refractivity contribution in [2.75, 3.05) is 0 Å². The van der Waals surface area contributed by atoms with Crippen LogP contribution in [0.1, 0.15) is 43.2 Å². The molecule has 0 aliphatic heterocycles. The Balaban J connectivity index is 0.00000208. The van der Waals surface area contributed by atoms with E-state index in [4.69, 9.17) is 0 Å². The van der Waals surface area contributed by atoms with Crippen LogP contribution in [0.25, 0.3) is 10.9 Å². The minimum absolute atomic E-state index is 0. The van der Waals surface area contributed by atoms with E-state index >= 15 is 0 Å². The Morgan fingerprint density at radius 1 is 1.17 bits per heavy atom. The summed E-state index contributed by atoms with van der Waals surface area (Å²) in [5, 5.41) is 1.03. The average molecular weight is 346 g/mol. The first-order valence-electron chi connectivity index (χ1n) is 7.96. The Labute approximate surface area is 148 Å². The second kappa shape index (κ2) is 6.81. The van der Waals surface area contributed by atoms with Gasteiger partial charge in [-0.15, -0.1) is 12.4 Å². The standard InChI is InChI=1S/C19H23N3O.ClH/c1-19(2,3)18-12-22(13-20-18)10-9-17(23)15-11-21(4)16-8-6-5-7-14(15)16;/h5-8,11-13H,9-10H2,1-4H3;1H. The number of halogens is 1. The van der Waals surface area contributed by atoms with E-state index < -0.39 is 0 Å². The number of Topliss-reactive ketones (excluding diaryl/α,β-unsaturated/α-hetero) is 1. The van der Waals surface area contributed by atoms with Crippen LogP contribution in [-0.2, 0) is 19.0 Å².